The molecule has 1 unspecified atom stereocenters. The number of aliphatic carboxylic acids is 1. The molecule has 0 radical (unpaired) electrons. The quantitative estimate of drug-likeness (QED) is 0.860. The van der Waals surface area contributed by atoms with Gasteiger partial charge in [-0.05, 0) is 25.0 Å². The molecule has 2 amide bonds. The van der Waals surface area contributed by atoms with Crippen LogP contribution in [0.5, 0.6) is 0 Å². The van der Waals surface area contributed by atoms with Gasteiger partial charge in [0, 0.05) is 26.1 Å². The second kappa shape index (κ2) is 5.98. The predicted molar refractivity (Wildman–Crippen MR) is 72.4 cm³/mol. The third kappa shape index (κ3) is 2.95. The standard InChI is InChI=1S/C14H20N2O4/c1-2-14(12(17)18)6-8-16(10-14)13(19)15-7-5-11-4-3-9-20-11/h3-4,9H,2,5-8,10H2,1H3,(H,15,19)(H,17,18). The van der Waals surface area contributed by atoms with Crippen molar-refractivity contribution >= 4 is 12.0 Å². The summed E-state index contributed by atoms with van der Waals surface area (Å²) < 4.78 is 5.18. The van der Waals surface area contributed by atoms with E-state index in [1.807, 2.05) is 13.0 Å². The lowest BCUT2D eigenvalue weighted by Gasteiger charge is -2.23. The summed E-state index contributed by atoms with van der Waals surface area (Å²) >= 11 is 0. The van der Waals surface area contributed by atoms with Crippen molar-refractivity contribution in [2.24, 2.45) is 5.41 Å². The Bertz CT molecular complexity index is 472. The van der Waals surface area contributed by atoms with E-state index in [0.29, 0.717) is 32.4 Å². The van der Waals surface area contributed by atoms with E-state index in [2.05, 4.69) is 5.32 Å². The maximum Gasteiger partial charge on any atom is 0.317 e. The van der Waals surface area contributed by atoms with Crippen LogP contribution in [0.1, 0.15) is 25.5 Å². The third-order valence-corrected chi connectivity index (χ3v) is 4.00. The van der Waals surface area contributed by atoms with Crippen molar-refractivity contribution in [3.8, 4) is 0 Å². The molecular formula is C14H20N2O4. The highest BCUT2D eigenvalue weighted by Gasteiger charge is 2.44. The highest BCUT2D eigenvalue weighted by Crippen LogP contribution is 2.34. The third-order valence-electron chi connectivity index (χ3n) is 4.00. The molecule has 6 nitrogen and oxygen atoms in total. The van der Waals surface area contributed by atoms with E-state index < -0.39 is 11.4 Å². The Kier molecular flexibility index (Phi) is 4.32. The molecule has 6 heteroatoms. The minimum absolute atomic E-state index is 0.201. The zero-order valence-electron chi connectivity index (χ0n) is 11.6. The first kappa shape index (κ1) is 14.4. The maximum absolute atomic E-state index is 12.0. The summed E-state index contributed by atoms with van der Waals surface area (Å²) in [5, 5.41) is 12.1. The smallest absolute Gasteiger partial charge is 0.317 e. The molecule has 2 heterocycles. The fraction of sp³-hybridized carbons (Fsp3) is 0.571. The minimum Gasteiger partial charge on any atom is -0.481 e. The van der Waals surface area contributed by atoms with Crippen LogP contribution < -0.4 is 5.32 Å². The fourth-order valence-electron chi connectivity index (χ4n) is 2.52. The van der Waals surface area contributed by atoms with Crippen LogP contribution >= 0.6 is 0 Å². The number of likely N-dealkylation sites (tertiary alicyclic amines) is 1. The van der Waals surface area contributed by atoms with E-state index in [1.165, 1.54) is 0 Å². The summed E-state index contributed by atoms with van der Waals surface area (Å²) in [6.45, 7) is 3.11. The summed E-state index contributed by atoms with van der Waals surface area (Å²) in [4.78, 5) is 24.9. The number of hydrogen-bond donors (Lipinski definition) is 2. The van der Waals surface area contributed by atoms with Crippen LogP contribution in [0.2, 0.25) is 0 Å². The van der Waals surface area contributed by atoms with Crippen LogP contribution in [0.3, 0.4) is 0 Å². The molecule has 1 aromatic heterocycles. The van der Waals surface area contributed by atoms with Crippen molar-refractivity contribution in [3.63, 3.8) is 0 Å². The average Bonchev–Trinajstić information content (AvgIpc) is 3.08. The number of amides is 2. The molecule has 0 saturated carbocycles. The Morgan fingerprint density at radius 2 is 2.35 bits per heavy atom. The molecule has 20 heavy (non-hydrogen) atoms. The predicted octanol–water partition coefficient (Wildman–Crippen LogP) is 1.72. The number of carboxylic acids is 1. The molecule has 0 aromatic carbocycles. The first-order valence-electron chi connectivity index (χ1n) is 6.86. The minimum atomic E-state index is -0.814. The number of nitrogens with zero attached hydrogens (tertiary/aromatic N) is 1. The number of carbonyl (C=O) groups is 2. The van der Waals surface area contributed by atoms with Gasteiger partial charge in [-0.25, -0.2) is 4.79 Å². The maximum atomic E-state index is 12.0. The van der Waals surface area contributed by atoms with E-state index in [-0.39, 0.29) is 12.6 Å². The van der Waals surface area contributed by atoms with Crippen LogP contribution in [0, 0.1) is 5.41 Å². The van der Waals surface area contributed by atoms with E-state index >= 15 is 0 Å². The van der Waals surface area contributed by atoms with Gasteiger partial charge in [0.15, 0.2) is 0 Å². The zero-order valence-corrected chi connectivity index (χ0v) is 11.6. The van der Waals surface area contributed by atoms with E-state index in [9.17, 15) is 14.7 Å². The molecular weight excluding hydrogens is 260 g/mol. The Labute approximate surface area is 117 Å². The Morgan fingerprint density at radius 3 is 2.90 bits per heavy atom. The van der Waals surface area contributed by atoms with Gasteiger partial charge in [0.2, 0.25) is 0 Å². The van der Waals surface area contributed by atoms with Crippen molar-refractivity contribution in [2.75, 3.05) is 19.6 Å². The molecule has 1 saturated heterocycles. The van der Waals surface area contributed by atoms with Gasteiger partial charge in [-0.2, -0.15) is 0 Å². The molecule has 0 spiro atoms. The number of carboxylic acid groups (broad SMARTS) is 1. The largest absolute Gasteiger partial charge is 0.481 e. The Morgan fingerprint density at radius 1 is 1.55 bits per heavy atom. The van der Waals surface area contributed by atoms with Crippen molar-refractivity contribution in [2.45, 2.75) is 26.2 Å². The number of urea groups is 1. The Hall–Kier alpha value is -1.98. The average molecular weight is 280 g/mol. The second-order valence-electron chi connectivity index (χ2n) is 5.17. The molecule has 2 N–H and O–H groups in total. The lowest BCUT2D eigenvalue weighted by molar-refractivity contribution is -0.148. The van der Waals surface area contributed by atoms with Crippen molar-refractivity contribution in [1.82, 2.24) is 10.2 Å². The van der Waals surface area contributed by atoms with Crippen LogP contribution in [0.15, 0.2) is 22.8 Å². The van der Waals surface area contributed by atoms with Crippen LogP contribution in [-0.2, 0) is 11.2 Å². The fourth-order valence-corrected chi connectivity index (χ4v) is 2.52. The summed E-state index contributed by atoms with van der Waals surface area (Å²) in [6.07, 6.45) is 3.29. The molecule has 0 bridgehead atoms. The molecule has 1 atom stereocenters. The Balaban J connectivity index is 1.80. The lowest BCUT2D eigenvalue weighted by Crippen LogP contribution is -2.42. The number of nitrogens with one attached hydrogen (secondary N) is 1. The van der Waals surface area contributed by atoms with Gasteiger partial charge in [0.05, 0.1) is 11.7 Å². The molecule has 1 aliphatic rings. The normalized spacial score (nSPS) is 21.9. The summed E-state index contributed by atoms with van der Waals surface area (Å²) in [7, 11) is 0. The summed E-state index contributed by atoms with van der Waals surface area (Å²) in [5.41, 5.74) is -0.779. The van der Waals surface area contributed by atoms with E-state index in [4.69, 9.17) is 4.42 Å². The van der Waals surface area contributed by atoms with Crippen molar-refractivity contribution < 1.29 is 19.1 Å². The lowest BCUT2D eigenvalue weighted by atomic mass is 9.84. The first-order chi connectivity index (χ1) is 9.57. The molecule has 1 aromatic rings. The van der Waals surface area contributed by atoms with Crippen molar-refractivity contribution in [1.29, 1.82) is 0 Å². The van der Waals surface area contributed by atoms with Gasteiger partial charge in [0.1, 0.15) is 5.76 Å². The van der Waals surface area contributed by atoms with Gasteiger partial charge in [-0.15, -0.1) is 0 Å². The molecule has 1 fully saturated rings. The SMILES string of the molecule is CCC1(C(=O)O)CCN(C(=O)NCCc2ccco2)C1. The monoisotopic (exact) mass is 280 g/mol. The molecule has 0 aliphatic carbocycles. The highest BCUT2D eigenvalue weighted by molar-refractivity contribution is 5.79. The molecule has 2 rings (SSSR count). The summed E-state index contributed by atoms with van der Waals surface area (Å²) in [6, 6.07) is 3.46. The van der Waals surface area contributed by atoms with Gasteiger partial charge in [0.25, 0.3) is 0 Å². The van der Waals surface area contributed by atoms with Crippen LogP contribution in [0.25, 0.3) is 0 Å². The molecule has 110 valence electrons. The van der Waals surface area contributed by atoms with Gasteiger partial charge in [-0.1, -0.05) is 6.92 Å². The van der Waals surface area contributed by atoms with Crippen LogP contribution in [-0.4, -0.2) is 41.6 Å². The second-order valence-corrected chi connectivity index (χ2v) is 5.17. The number of carbonyl (C=O) groups excluding carboxylic acids is 1. The topological polar surface area (TPSA) is 82.8 Å². The highest BCUT2D eigenvalue weighted by atomic mass is 16.4. The number of hydrogen-bond acceptors (Lipinski definition) is 3. The van der Waals surface area contributed by atoms with Gasteiger partial charge < -0.3 is 19.7 Å². The number of rotatable bonds is 5. The van der Waals surface area contributed by atoms with E-state index in [0.717, 1.165) is 5.76 Å². The van der Waals surface area contributed by atoms with Gasteiger partial charge >= 0.3 is 12.0 Å². The first-order valence-corrected chi connectivity index (χ1v) is 6.86. The van der Waals surface area contributed by atoms with E-state index in [1.54, 1.807) is 17.2 Å². The van der Waals surface area contributed by atoms with Crippen LogP contribution in [0.4, 0.5) is 4.79 Å². The molecule has 1 aliphatic heterocycles. The van der Waals surface area contributed by atoms with Gasteiger partial charge in [-0.3, -0.25) is 4.79 Å². The zero-order chi connectivity index (χ0) is 14.6. The van der Waals surface area contributed by atoms with Crippen molar-refractivity contribution in [3.05, 3.63) is 24.2 Å². The number of furan rings is 1. The summed E-state index contributed by atoms with van der Waals surface area (Å²) in [5.74, 6) is 0.00560.